The van der Waals surface area contributed by atoms with Crippen LogP contribution in [0.4, 0.5) is 0 Å². The summed E-state index contributed by atoms with van der Waals surface area (Å²) in [6.45, 7) is 2.69. The van der Waals surface area contributed by atoms with Crippen LogP contribution in [0.1, 0.15) is 38.5 Å². The summed E-state index contributed by atoms with van der Waals surface area (Å²) < 4.78 is 6.08. The number of pyridine rings is 1. The van der Waals surface area contributed by atoms with Gasteiger partial charge in [0.05, 0.1) is 5.52 Å². The van der Waals surface area contributed by atoms with Crippen molar-refractivity contribution >= 4 is 16.9 Å². The highest BCUT2D eigenvalue weighted by Crippen LogP contribution is 2.32. The van der Waals surface area contributed by atoms with E-state index >= 15 is 0 Å². The third-order valence-corrected chi connectivity index (χ3v) is 5.93. The number of carboxylic acids is 1. The third kappa shape index (κ3) is 3.54. The lowest BCUT2D eigenvalue weighted by atomic mass is 9.90. The fraction of sp³-hybridized carbons (Fsp3) is 0.524. The number of carboxylic acid groups (broad SMARTS) is 1. The molecule has 1 saturated heterocycles. The van der Waals surface area contributed by atoms with Gasteiger partial charge in [-0.3, -0.25) is 4.98 Å². The molecular weight excluding hydrogens is 328 g/mol. The summed E-state index contributed by atoms with van der Waals surface area (Å²) in [7, 11) is 0. The first-order valence-electron chi connectivity index (χ1n) is 9.64. The van der Waals surface area contributed by atoms with Gasteiger partial charge in [-0.15, -0.1) is 0 Å². The van der Waals surface area contributed by atoms with Gasteiger partial charge in [-0.05, 0) is 43.0 Å². The van der Waals surface area contributed by atoms with E-state index in [0.717, 1.165) is 36.5 Å². The Labute approximate surface area is 154 Å². The molecule has 1 aromatic heterocycles. The predicted molar refractivity (Wildman–Crippen MR) is 100 cm³/mol. The molecule has 0 radical (unpaired) electrons. The van der Waals surface area contributed by atoms with E-state index in [1.54, 1.807) is 6.20 Å². The number of fused-ring (bicyclic) bond motifs is 1. The molecule has 1 saturated carbocycles. The van der Waals surface area contributed by atoms with E-state index in [1.807, 2.05) is 30.3 Å². The number of carbonyl (C=O) groups is 1. The molecule has 2 aliphatic rings. The second kappa shape index (κ2) is 7.23. The van der Waals surface area contributed by atoms with Gasteiger partial charge in [0.2, 0.25) is 5.60 Å². The van der Waals surface area contributed by atoms with Crippen molar-refractivity contribution in [2.24, 2.45) is 5.92 Å². The Morgan fingerprint density at radius 1 is 1.23 bits per heavy atom. The van der Waals surface area contributed by atoms with Crippen LogP contribution in [0.3, 0.4) is 0 Å². The lowest BCUT2D eigenvalue weighted by molar-refractivity contribution is -0.159. The zero-order valence-electron chi connectivity index (χ0n) is 15.1. The molecule has 1 aromatic carbocycles. The highest BCUT2D eigenvalue weighted by atomic mass is 16.5. The Morgan fingerprint density at radius 2 is 2.00 bits per heavy atom. The molecule has 5 heteroatoms. The van der Waals surface area contributed by atoms with Crippen molar-refractivity contribution in [1.29, 1.82) is 0 Å². The first kappa shape index (κ1) is 17.3. The zero-order chi connectivity index (χ0) is 18.0. The van der Waals surface area contributed by atoms with E-state index in [4.69, 9.17) is 4.74 Å². The highest BCUT2D eigenvalue weighted by molar-refractivity contribution is 5.81. The van der Waals surface area contributed by atoms with Crippen LogP contribution in [0.2, 0.25) is 0 Å². The number of rotatable bonds is 5. The van der Waals surface area contributed by atoms with Gasteiger partial charge in [-0.25, -0.2) is 4.79 Å². The van der Waals surface area contributed by atoms with Gasteiger partial charge in [0.15, 0.2) is 0 Å². The van der Waals surface area contributed by atoms with Crippen LogP contribution in [0, 0.1) is 5.92 Å². The molecule has 2 fully saturated rings. The van der Waals surface area contributed by atoms with Crippen molar-refractivity contribution in [2.75, 3.05) is 19.6 Å². The molecule has 1 aliphatic carbocycles. The molecule has 0 bridgehead atoms. The lowest BCUT2D eigenvalue weighted by Gasteiger charge is -2.39. The minimum atomic E-state index is -1.12. The van der Waals surface area contributed by atoms with Crippen molar-refractivity contribution < 1.29 is 14.6 Å². The standard InChI is InChI=1S/C21H26N2O3/c24-20(25)21(9-12-23(13-10-21)15-16-4-1-2-5-16)26-18-7-8-19-17(14-18)6-3-11-22-19/h3,6-8,11,14,16H,1-2,4-5,9-10,12-13,15H2,(H,24,25). The predicted octanol–water partition coefficient (Wildman–Crippen LogP) is 3.72. The van der Waals surface area contributed by atoms with E-state index in [0.29, 0.717) is 18.6 Å². The summed E-state index contributed by atoms with van der Waals surface area (Å²) in [4.78, 5) is 18.8. The molecule has 4 rings (SSSR count). The number of aliphatic carboxylic acids is 1. The molecule has 5 nitrogen and oxygen atoms in total. The number of piperidine rings is 1. The normalized spacial score (nSPS) is 21.1. The van der Waals surface area contributed by atoms with Crippen molar-refractivity contribution in [2.45, 2.75) is 44.1 Å². The number of aromatic nitrogens is 1. The van der Waals surface area contributed by atoms with E-state index in [-0.39, 0.29) is 0 Å². The van der Waals surface area contributed by atoms with Crippen molar-refractivity contribution in [3.8, 4) is 5.75 Å². The summed E-state index contributed by atoms with van der Waals surface area (Å²) >= 11 is 0. The van der Waals surface area contributed by atoms with Gasteiger partial charge < -0.3 is 14.7 Å². The average molecular weight is 354 g/mol. The van der Waals surface area contributed by atoms with Gasteiger partial charge in [-0.1, -0.05) is 18.9 Å². The number of benzene rings is 1. The van der Waals surface area contributed by atoms with E-state index < -0.39 is 11.6 Å². The Morgan fingerprint density at radius 3 is 2.73 bits per heavy atom. The maximum absolute atomic E-state index is 12.0. The highest BCUT2D eigenvalue weighted by Gasteiger charge is 2.44. The van der Waals surface area contributed by atoms with E-state index in [9.17, 15) is 9.90 Å². The SMILES string of the molecule is O=C(O)C1(Oc2ccc3ncccc3c2)CCN(CC2CCCC2)CC1. The van der Waals surface area contributed by atoms with E-state index in [2.05, 4.69) is 9.88 Å². The zero-order valence-corrected chi connectivity index (χ0v) is 15.1. The molecule has 138 valence electrons. The molecule has 2 heterocycles. The number of likely N-dealkylation sites (tertiary alicyclic amines) is 1. The van der Waals surface area contributed by atoms with Gasteiger partial charge in [0.1, 0.15) is 5.75 Å². The molecule has 0 spiro atoms. The van der Waals surface area contributed by atoms with Gasteiger partial charge in [0.25, 0.3) is 0 Å². The minimum Gasteiger partial charge on any atom is -0.478 e. The fourth-order valence-electron chi connectivity index (χ4n) is 4.36. The number of ether oxygens (including phenoxy) is 1. The topological polar surface area (TPSA) is 62.7 Å². The lowest BCUT2D eigenvalue weighted by Crippen LogP contribution is -2.53. The van der Waals surface area contributed by atoms with Crippen LogP contribution in [0.25, 0.3) is 10.9 Å². The summed E-state index contributed by atoms with van der Waals surface area (Å²) in [5.41, 5.74) is -0.238. The molecular formula is C21H26N2O3. The summed E-state index contributed by atoms with van der Waals surface area (Å²) in [5.74, 6) is 0.544. The second-order valence-corrected chi connectivity index (χ2v) is 7.71. The molecule has 2 aromatic rings. The third-order valence-electron chi connectivity index (χ3n) is 5.93. The van der Waals surface area contributed by atoms with Crippen molar-refractivity contribution in [1.82, 2.24) is 9.88 Å². The quantitative estimate of drug-likeness (QED) is 0.886. The number of hydrogen-bond donors (Lipinski definition) is 1. The fourth-order valence-corrected chi connectivity index (χ4v) is 4.36. The van der Waals surface area contributed by atoms with Crippen LogP contribution in [0.15, 0.2) is 36.5 Å². The van der Waals surface area contributed by atoms with Crippen LogP contribution in [-0.4, -0.2) is 46.2 Å². The molecule has 1 aliphatic heterocycles. The Bertz CT molecular complexity index is 778. The Hall–Kier alpha value is -2.14. The van der Waals surface area contributed by atoms with Crippen LogP contribution >= 0.6 is 0 Å². The van der Waals surface area contributed by atoms with Crippen LogP contribution in [0.5, 0.6) is 5.75 Å². The molecule has 0 atom stereocenters. The Kier molecular flexibility index (Phi) is 4.81. The van der Waals surface area contributed by atoms with Gasteiger partial charge >= 0.3 is 5.97 Å². The number of hydrogen-bond acceptors (Lipinski definition) is 4. The summed E-state index contributed by atoms with van der Waals surface area (Å²) in [5, 5.41) is 10.8. The smallest absolute Gasteiger partial charge is 0.348 e. The summed E-state index contributed by atoms with van der Waals surface area (Å²) in [6, 6.07) is 9.44. The molecule has 1 N–H and O–H groups in total. The van der Waals surface area contributed by atoms with Crippen LogP contribution in [-0.2, 0) is 4.79 Å². The first-order chi connectivity index (χ1) is 12.6. The molecule has 26 heavy (non-hydrogen) atoms. The largest absolute Gasteiger partial charge is 0.478 e. The van der Waals surface area contributed by atoms with Gasteiger partial charge in [0, 0.05) is 44.1 Å². The maximum Gasteiger partial charge on any atom is 0.348 e. The summed E-state index contributed by atoms with van der Waals surface area (Å²) in [6.07, 6.45) is 8.14. The van der Waals surface area contributed by atoms with E-state index in [1.165, 1.54) is 25.7 Å². The van der Waals surface area contributed by atoms with Crippen molar-refractivity contribution in [3.63, 3.8) is 0 Å². The molecule has 0 amide bonds. The molecule has 0 unspecified atom stereocenters. The minimum absolute atomic E-state index is 0.528. The average Bonchev–Trinajstić information content (AvgIpc) is 3.16. The van der Waals surface area contributed by atoms with Crippen LogP contribution < -0.4 is 4.74 Å². The monoisotopic (exact) mass is 354 g/mol. The maximum atomic E-state index is 12.0. The second-order valence-electron chi connectivity index (χ2n) is 7.71. The van der Waals surface area contributed by atoms with Gasteiger partial charge in [-0.2, -0.15) is 0 Å². The number of nitrogens with zero attached hydrogens (tertiary/aromatic N) is 2. The van der Waals surface area contributed by atoms with Crippen molar-refractivity contribution in [3.05, 3.63) is 36.5 Å². The first-order valence-corrected chi connectivity index (χ1v) is 9.64. The Balaban J connectivity index is 1.45.